The second-order valence-electron chi connectivity index (χ2n) is 9.06. The van der Waals surface area contributed by atoms with Gasteiger partial charge in [-0.25, -0.2) is 0 Å². The summed E-state index contributed by atoms with van der Waals surface area (Å²) >= 11 is 0. The number of hydrogen-bond acceptors (Lipinski definition) is 1. The molecular formula is C25H41NO. The molecule has 0 spiro atoms. The minimum Gasteiger partial charge on any atom is -0.314 e. The highest BCUT2D eigenvalue weighted by Gasteiger charge is 2.45. The van der Waals surface area contributed by atoms with E-state index in [9.17, 15) is 4.79 Å². The van der Waals surface area contributed by atoms with Crippen LogP contribution < -0.4 is 4.90 Å². The van der Waals surface area contributed by atoms with Crippen molar-refractivity contribution in [1.82, 2.24) is 0 Å². The van der Waals surface area contributed by atoms with Gasteiger partial charge in [-0.2, -0.15) is 0 Å². The molecule has 152 valence electrons. The predicted molar refractivity (Wildman–Crippen MR) is 118 cm³/mol. The summed E-state index contributed by atoms with van der Waals surface area (Å²) in [6, 6.07) is 6.61. The van der Waals surface area contributed by atoms with Gasteiger partial charge in [0.1, 0.15) is 0 Å². The molecule has 0 fully saturated rings. The van der Waals surface area contributed by atoms with Crippen LogP contribution in [0.1, 0.15) is 115 Å². The highest BCUT2D eigenvalue weighted by Crippen LogP contribution is 2.45. The van der Waals surface area contributed by atoms with Crippen LogP contribution in [0.5, 0.6) is 0 Å². The average molecular weight is 372 g/mol. The summed E-state index contributed by atoms with van der Waals surface area (Å²) < 4.78 is 0. The third-order valence-electron chi connectivity index (χ3n) is 6.45. The largest absolute Gasteiger partial charge is 0.314 e. The van der Waals surface area contributed by atoms with E-state index in [1.54, 1.807) is 0 Å². The average Bonchev–Trinajstić information content (AvgIpc) is 2.84. The van der Waals surface area contributed by atoms with E-state index in [0.29, 0.717) is 5.92 Å². The quantitative estimate of drug-likeness (QED) is 0.352. The van der Waals surface area contributed by atoms with Crippen molar-refractivity contribution in [2.45, 2.75) is 110 Å². The fourth-order valence-electron chi connectivity index (χ4n) is 4.45. The summed E-state index contributed by atoms with van der Waals surface area (Å²) in [5.41, 5.74) is 3.36. The van der Waals surface area contributed by atoms with Crippen molar-refractivity contribution in [3.8, 4) is 0 Å². The van der Waals surface area contributed by atoms with Crippen molar-refractivity contribution in [3.05, 3.63) is 29.3 Å². The van der Waals surface area contributed by atoms with E-state index < -0.39 is 0 Å². The predicted octanol–water partition coefficient (Wildman–Crippen LogP) is 7.36. The maximum absolute atomic E-state index is 13.0. The molecule has 0 radical (unpaired) electrons. The number of fused-ring (bicyclic) bond motifs is 1. The van der Waals surface area contributed by atoms with Crippen molar-refractivity contribution in [2.24, 2.45) is 0 Å². The third-order valence-corrected chi connectivity index (χ3v) is 6.45. The fraction of sp³-hybridized carbons (Fsp3) is 0.720. The molecule has 1 amide bonds. The van der Waals surface area contributed by atoms with E-state index in [-0.39, 0.29) is 11.3 Å². The third kappa shape index (κ3) is 5.36. The molecule has 1 unspecified atom stereocenters. The molecule has 1 aromatic carbocycles. The van der Waals surface area contributed by atoms with E-state index in [4.69, 9.17) is 0 Å². The molecule has 1 aliphatic rings. The van der Waals surface area contributed by atoms with Crippen LogP contribution in [0, 0.1) is 0 Å². The molecule has 0 bridgehead atoms. The molecule has 2 nitrogen and oxygen atoms in total. The Hall–Kier alpha value is -1.31. The normalized spacial score (nSPS) is 19.2. The van der Waals surface area contributed by atoms with E-state index in [1.165, 1.54) is 68.9 Å². The van der Waals surface area contributed by atoms with Gasteiger partial charge >= 0.3 is 0 Å². The summed E-state index contributed by atoms with van der Waals surface area (Å²) in [6.07, 6.45) is 14.3. The number of nitrogens with zero attached hydrogens (tertiary/aromatic N) is 1. The molecule has 27 heavy (non-hydrogen) atoms. The molecule has 0 N–H and O–H groups in total. The van der Waals surface area contributed by atoms with Crippen LogP contribution in [0.4, 0.5) is 5.69 Å². The summed E-state index contributed by atoms with van der Waals surface area (Å²) in [5, 5.41) is 0. The van der Waals surface area contributed by atoms with Gasteiger partial charge in [0.15, 0.2) is 0 Å². The van der Waals surface area contributed by atoms with Crippen molar-refractivity contribution < 1.29 is 4.79 Å². The van der Waals surface area contributed by atoms with Gasteiger partial charge < -0.3 is 4.90 Å². The number of unbranched alkanes of at least 4 members (excludes halogenated alkanes) is 9. The van der Waals surface area contributed by atoms with E-state index in [2.05, 4.69) is 45.9 Å². The maximum atomic E-state index is 13.0. The van der Waals surface area contributed by atoms with Crippen LogP contribution in [-0.4, -0.2) is 13.0 Å². The first-order valence-electron chi connectivity index (χ1n) is 11.3. The molecule has 1 heterocycles. The van der Waals surface area contributed by atoms with Crippen LogP contribution in [0.2, 0.25) is 0 Å². The smallest absolute Gasteiger partial charge is 0.237 e. The number of benzene rings is 1. The zero-order chi connectivity index (χ0) is 19.9. The van der Waals surface area contributed by atoms with Gasteiger partial charge in [-0.1, -0.05) is 97.1 Å². The Morgan fingerprint density at radius 2 is 1.48 bits per heavy atom. The van der Waals surface area contributed by atoms with Crippen LogP contribution in [0.25, 0.3) is 0 Å². The molecule has 2 heteroatoms. The number of amides is 1. The van der Waals surface area contributed by atoms with Crippen molar-refractivity contribution in [3.63, 3.8) is 0 Å². The Kier molecular flexibility index (Phi) is 8.38. The molecule has 1 aromatic rings. The standard InChI is InChI=1S/C25H41NO/c1-6-7-8-9-10-11-12-13-14-15-18-25(4)22-19-21(20(2)3)16-17-23(22)26(5)24(25)27/h16-17,19-20H,6-15,18H2,1-5H3. The number of likely N-dealkylation sites (N-methyl/N-ethyl adjacent to an activating group) is 1. The van der Waals surface area contributed by atoms with Crippen molar-refractivity contribution in [1.29, 1.82) is 0 Å². The number of carbonyl (C=O) groups is 1. The lowest BCUT2D eigenvalue weighted by molar-refractivity contribution is -0.122. The van der Waals surface area contributed by atoms with E-state index >= 15 is 0 Å². The summed E-state index contributed by atoms with van der Waals surface area (Å²) in [6.45, 7) is 8.88. The van der Waals surface area contributed by atoms with Gasteiger partial charge in [0.2, 0.25) is 5.91 Å². The van der Waals surface area contributed by atoms with Crippen molar-refractivity contribution in [2.75, 3.05) is 11.9 Å². The Balaban J connectivity index is 1.82. The second kappa shape index (κ2) is 10.3. The van der Waals surface area contributed by atoms with E-state index in [0.717, 1.165) is 18.5 Å². The number of carbonyl (C=O) groups excluding carboxylic acids is 1. The van der Waals surface area contributed by atoms with Gasteiger partial charge in [-0.3, -0.25) is 4.79 Å². The number of rotatable bonds is 12. The van der Waals surface area contributed by atoms with Crippen LogP contribution in [0.3, 0.4) is 0 Å². The number of hydrogen-bond donors (Lipinski definition) is 0. The summed E-state index contributed by atoms with van der Waals surface area (Å²) in [4.78, 5) is 14.9. The molecule has 1 aliphatic heterocycles. The lowest BCUT2D eigenvalue weighted by atomic mass is 9.78. The summed E-state index contributed by atoms with van der Waals surface area (Å²) in [7, 11) is 1.93. The molecule has 0 saturated heterocycles. The Morgan fingerprint density at radius 1 is 0.926 bits per heavy atom. The van der Waals surface area contributed by atoms with Crippen LogP contribution >= 0.6 is 0 Å². The molecule has 1 atom stereocenters. The Labute approximate surface area is 167 Å². The first kappa shape index (κ1) is 22.0. The monoisotopic (exact) mass is 371 g/mol. The minimum absolute atomic E-state index is 0.273. The van der Waals surface area contributed by atoms with Crippen molar-refractivity contribution >= 4 is 11.6 Å². The Morgan fingerprint density at radius 3 is 2.04 bits per heavy atom. The maximum Gasteiger partial charge on any atom is 0.237 e. The van der Waals surface area contributed by atoms with Crippen LogP contribution in [0.15, 0.2) is 18.2 Å². The highest BCUT2D eigenvalue weighted by molar-refractivity contribution is 6.07. The molecule has 0 aliphatic carbocycles. The SMILES string of the molecule is CCCCCCCCCCCCC1(C)C(=O)N(C)c2ccc(C(C)C)cc21. The topological polar surface area (TPSA) is 20.3 Å². The van der Waals surface area contributed by atoms with Gasteiger partial charge in [-0.05, 0) is 36.5 Å². The van der Waals surface area contributed by atoms with Gasteiger partial charge in [0.25, 0.3) is 0 Å². The zero-order valence-electron chi connectivity index (χ0n) is 18.4. The number of anilines is 1. The molecule has 0 saturated carbocycles. The lowest BCUT2D eigenvalue weighted by Gasteiger charge is -2.24. The van der Waals surface area contributed by atoms with E-state index in [1.807, 2.05) is 11.9 Å². The minimum atomic E-state index is -0.338. The van der Waals surface area contributed by atoms with Gasteiger partial charge in [0.05, 0.1) is 5.41 Å². The molecular weight excluding hydrogens is 330 g/mol. The molecule has 0 aromatic heterocycles. The lowest BCUT2D eigenvalue weighted by Crippen LogP contribution is -2.36. The first-order chi connectivity index (χ1) is 12.9. The second-order valence-corrected chi connectivity index (χ2v) is 9.06. The fourth-order valence-corrected chi connectivity index (χ4v) is 4.45. The zero-order valence-corrected chi connectivity index (χ0v) is 18.4. The van der Waals surface area contributed by atoms with Gasteiger partial charge in [-0.15, -0.1) is 0 Å². The molecule has 2 rings (SSSR count). The summed E-state index contributed by atoms with van der Waals surface area (Å²) in [5.74, 6) is 0.771. The Bertz CT molecular complexity index is 606. The first-order valence-corrected chi connectivity index (χ1v) is 11.3. The highest BCUT2D eigenvalue weighted by atomic mass is 16.2. The van der Waals surface area contributed by atoms with Gasteiger partial charge in [0, 0.05) is 12.7 Å². The van der Waals surface area contributed by atoms with Crippen LogP contribution in [-0.2, 0) is 10.2 Å².